The van der Waals surface area contributed by atoms with Gasteiger partial charge in [-0.05, 0) is 49.9 Å². The molecular weight excluding hydrogens is 182 g/mol. The molecule has 0 aromatic carbocycles. The lowest BCUT2D eigenvalue weighted by Crippen LogP contribution is -2.26. The molecule has 0 aromatic heterocycles. The molecule has 0 heterocycles. The van der Waals surface area contributed by atoms with E-state index in [-0.39, 0.29) is 0 Å². The minimum absolute atomic E-state index is 0.508. The maximum absolute atomic E-state index is 5.93. The third-order valence-electron chi connectivity index (χ3n) is 4.30. The zero-order valence-electron chi connectivity index (χ0n) is 10.8. The number of hydrogen-bond acceptors (Lipinski definition) is 1. The van der Waals surface area contributed by atoms with Crippen LogP contribution >= 0.6 is 0 Å². The van der Waals surface area contributed by atoms with Gasteiger partial charge in [0.05, 0.1) is 0 Å². The van der Waals surface area contributed by atoms with E-state index in [1.165, 1.54) is 44.9 Å². The number of hydrogen-bond donors (Lipinski definition) is 1. The minimum Gasteiger partial charge on any atom is -0.328 e. The minimum atomic E-state index is 0.508. The van der Waals surface area contributed by atoms with Gasteiger partial charge in [0.25, 0.3) is 0 Å². The van der Waals surface area contributed by atoms with Crippen molar-refractivity contribution in [2.24, 2.45) is 23.5 Å². The van der Waals surface area contributed by atoms with E-state index in [2.05, 4.69) is 20.8 Å². The molecule has 2 N–H and O–H groups in total. The lowest BCUT2D eigenvalue weighted by atomic mass is 9.80. The summed E-state index contributed by atoms with van der Waals surface area (Å²) in [7, 11) is 0. The Labute approximate surface area is 95.8 Å². The van der Waals surface area contributed by atoms with Crippen LogP contribution in [0.25, 0.3) is 0 Å². The molecule has 0 amide bonds. The second kappa shape index (κ2) is 6.52. The summed E-state index contributed by atoms with van der Waals surface area (Å²) < 4.78 is 0. The fourth-order valence-corrected chi connectivity index (χ4v) is 2.94. The summed E-state index contributed by atoms with van der Waals surface area (Å²) in [6.45, 7) is 7.07. The first-order valence-corrected chi connectivity index (χ1v) is 6.89. The summed E-state index contributed by atoms with van der Waals surface area (Å²) in [4.78, 5) is 0. The van der Waals surface area contributed by atoms with Gasteiger partial charge in [0.1, 0.15) is 0 Å². The van der Waals surface area contributed by atoms with E-state index < -0.39 is 0 Å². The summed E-state index contributed by atoms with van der Waals surface area (Å²) in [5, 5.41) is 0. The van der Waals surface area contributed by atoms with Crippen LogP contribution < -0.4 is 5.73 Å². The van der Waals surface area contributed by atoms with Crippen molar-refractivity contribution in [3.8, 4) is 0 Å². The summed E-state index contributed by atoms with van der Waals surface area (Å²) >= 11 is 0. The van der Waals surface area contributed by atoms with E-state index in [9.17, 15) is 0 Å². The predicted molar refractivity (Wildman–Crippen MR) is 67.8 cm³/mol. The lowest BCUT2D eigenvalue weighted by Gasteiger charge is -2.28. The van der Waals surface area contributed by atoms with Crippen LogP contribution in [0.3, 0.4) is 0 Å². The second-order valence-corrected chi connectivity index (χ2v) is 5.77. The van der Waals surface area contributed by atoms with Gasteiger partial charge in [-0.1, -0.05) is 33.6 Å². The second-order valence-electron chi connectivity index (χ2n) is 5.77. The molecule has 1 fully saturated rings. The Balaban J connectivity index is 2.18. The Morgan fingerprint density at radius 2 is 1.73 bits per heavy atom. The predicted octanol–water partition coefficient (Wildman–Crippen LogP) is 3.97. The van der Waals surface area contributed by atoms with Gasteiger partial charge in [0.2, 0.25) is 0 Å². The van der Waals surface area contributed by atoms with Crippen molar-refractivity contribution in [2.75, 3.05) is 0 Å². The molecule has 1 rings (SSSR count). The highest BCUT2D eigenvalue weighted by Gasteiger charge is 2.20. The van der Waals surface area contributed by atoms with Crippen LogP contribution in [-0.4, -0.2) is 6.04 Å². The fourth-order valence-electron chi connectivity index (χ4n) is 2.94. The van der Waals surface area contributed by atoms with Crippen LogP contribution in [0.1, 0.15) is 65.7 Å². The molecule has 0 saturated heterocycles. The highest BCUT2D eigenvalue weighted by atomic mass is 14.6. The Bertz CT molecular complexity index is 157. The molecule has 0 aliphatic heterocycles. The number of rotatable bonds is 5. The van der Waals surface area contributed by atoms with Crippen LogP contribution in [0.15, 0.2) is 0 Å². The van der Waals surface area contributed by atoms with Crippen molar-refractivity contribution in [3.63, 3.8) is 0 Å². The molecule has 1 atom stereocenters. The average Bonchev–Trinajstić information content (AvgIpc) is 2.21. The maximum Gasteiger partial charge on any atom is 0.00390 e. The van der Waals surface area contributed by atoms with E-state index in [1.54, 1.807) is 0 Å². The van der Waals surface area contributed by atoms with E-state index in [4.69, 9.17) is 5.73 Å². The van der Waals surface area contributed by atoms with Crippen molar-refractivity contribution in [2.45, 2.75) is 71.8 Å². The molecule has 90 valence electrons. The third-order valence-corrected chi connectivity index (χ3v) is 4.30. The summed E-state index contributed by atoms with van der Waals surface area (Å²) in [5.41, 5.74) is 5.93. The van der Waals surface area contributed by atoms with Gasteiger partial charge >= 0.3 is 0 Å². The van der Waals surface area contributed by atoms with Crippen molar-refractivity contribution < 1.29 is 0 Å². The Morgan fingerprint density at radius 1 is 1.13 bits per heavy atom. The van der Waals surface area contributed by atoms with Gasteiger partial charge in [0.15, 0.2) is 0 Å². The fraction of sp³-hybridized carbons (Fsp3) is 1.00. The van der Waals surface area contributed by atoms with Gasteiger partial charge < -0.3 is 5.73 Å². The van der Waals surface area contributed by atoms with Crippen molar-refractivity contribution in [1.82, 2.24) is 0 Å². The quantitative estimate of drug-likeness (QED) is 0.731. The first-order chi connectivity index (χ1) is 7.13. The Hall–Kier alpha value is -0.0400. The molecule has 1 saturated carbocycles. The molecule has 0 radical (unpaired) electrons. The van der Waals surface area contributed by atoms with Crippen LogP contribution in [0.2, 0.25) is 0 Å². The highest BCUT2D eigenvalue weighted by Crippen LogP contribution is 2.30. The van der Waals surface area contributed by atoms with Crippen LogP contribution in [0.5, 0.6) is 0 Å². The zero-order valence-corrected chi connectivity index (χ0v) is 10.8. The van der Waals surface area contributed by atoms with Crippen molar-refractivity contribution in [1.29, 1.82) is 0 Å². The van der Waals surface area contributed by atoms with E-state index in [1.807, 2.05) is 0 Å². The van der Waals surface area contributed by atoms with Crippen molar-refractivity contribution >= 4 is 0 Å². The molecule has 15 heavy (non-hydrogen) atoms. The van der Waals surface area contributed by atoms with E-state index in [0.29, 0.717) is 6.04 Å². The standard InChI is InChI=1S/C14H29N/c1-4-13(11(2)3)8-5-12-6-9-14(15)10-7-12/h11-14H,4-10,15H2,1-3H3. The SMILES string of the molecule is CCC(CCC1CCC(N)CC1)C(C)C. The molecule has 0 spiro atoms. The van der Waals surface area contributed by atoms with Gasteiger partial charge in [-0.2, -0.15) is 0 Å². The first kappa shape index (κ1) is 13.0. The monoisotopic (exact) mass is 211 g/mol. The topological polar surface area (TPSA) is 26.0 Å². The Morgan fingerprint density at radius 3 is 2.20 bits per heavy atom. The van der Waals surface area contributed by atoms with E-state index in [0.717, 1.165) is 17.8 Å². The average molecular weight is 211 g/mol. The van der Waals surface area contributed by atoms with Crippen LogP contribution in [0, 0.1) is 17.8 Å². The van der Waals surface area contributed by atoms with Gasteiger partial charge in [-0.3, -0.25) is 0 Å². The first-order valence-electron chi connectivity index (χ1n) is 6.89. The Kier molecular flexibility index (Phi) is 5.66. The summed E-state index contributed by atoms with van der Waals surface area (Å²) in [5.74, 6) is 2.79. The van der Waals surface area contributed by atoms with Crippen molar-refractivity contribution in [3.05, 3.63) is 0 Å². The van der Waals surface area contributed by atoms with Crippen LogP contribution in [-0.2, 0) is 0 Å². The summed E-state index contributed by atoms with van der Waals surface area (Å²) in [6, 6.07) is 0.508. The molecule has 1 unspecified atom stereocenters. The largest absolute Gasteiger partial charge is 0.328 e. The molecule has 0 aromatic rings. The highest BCUT2D eigenvalue weighted by molar-refractivity contribution is 4.75. The summed E-state index contributed by atoms with van der Waals surface area (Å²) in [6.07, 6.45) is 9.54. The number of nitrogens with two attached hydrogens (primary N) is 1. The molecular formula is C14H29N. The molecule has 1 heteroatoms. The van der Waals surface area contributed by atoms with Gasteiger partial charge in [0, 0.05) is 6.04 Å². The van der Waals surface area contributed by atoms with E-state index >= 15 is 0 Å². The normalized spacial score (nSPS) is 29.4. The lowest BCUT2D eigenvalue weighted by molar-refractivity contribution is 0.261. The van der Waals surface area contributed by atoms with Gasteiger partial charge in [-0.25, -0.2) is 0 Å². The molecule has 1 aliphatic rings. The third kappa shape index (κ3) is 4.55. The smallest absolute Gasteiger partial charge is 0.00390 e. The zero-order chi connectivity index (χ0) is 11.3. The van der Waals surface area contributed by atoms with Gasteiger partial charge in [-0.15, -0.1) is 0 Å². The molecule has 1 aliphatic carbocycles. The molecule has 0 bridgehead atoms. The van der Waals surface area contributed by atoms with Crippen LogP contribution in [0.4, 0.5) is 0 Å². The maximum atomic E-state index is 5.93. The molecule has 1 nitrogen and oxygen atoms in total.